The van der Waals surface area contributed by atoms with Gasteiger partial charge in [-0.15, -0.1) is 25.6 Å². The van der Waals surface area contributed by atoms with Gasteiger partial charge in [0, 0.05) is 36.7 Å². The first-order valence-electron chi connectivity index (χ1n) is 8.43. The number of piperazine rings is 1. The zero-order chi connectivity index (χ0) is 17.2. The predicted molar refractivity (Wildman–Crippen MR) is 97.2 cm³/mol. The molecule has 0 amide bonds. The quantitative estimate of drug-likeness (QED) is 0.716. The second-order valence-corrected chi connectivity index (χ2v) is 7.46. The molecule has 1 saturated heterocycles. The first kappa shape index (κ1) is 20.8. The topological polar surface area (TPSA) is 24.5 Å². The summed E-state index contributed by atoms with van der Waals surface area (Å²) < 4.78 is 42.6. The van der Waals surface area contributed by atoms with E-state index in [1.807, 2.05) is 6.07 Å². The molecule has 1 heterocycles. The van der Waals surface area contributed by atoms with Crippen LogP contribution >= 0.6 is 28.3 Å². The summed E-state index contributed by atoms with van der Waals surface area (Å²) in [6.07, 6.45) is 0.00341. The maximum absolute atomic E-state index is 12.6. The first-order valence-corrected chi connectivity index (χ1v) is 9.23. The first-order chi connectivity index (χ1) is 11.4. The van der Waals surface area contributed by atoms with Crippen molar-refractivity contribution in [3.05, 3.63) is 28.2 Å². The van der Waals surface area contributed by atoms with Crippen LogP contribution in [0.15, 0.2) is 22.7 Å². The van der Waals surface area contributed by atoms with E-state index in [0.717, 1.165) is 44.6 Å². The lowest BCUT2D eigenvalue weighted by Gasteiger charge is -2.39. The summed E-state index contributed by atoms with van der Waals surface area (Å²) in [6.45, 7) is 3.68. The number of halogens is 5. The van der Waals surface area contributed by atoms with E-state index >= 15 is 0 Å². The van der Waals surface area contributed by atoms with E-state index in [-0.39, 0.29) is 24.2 Å². The van der Waals surface area contributed by atoms with Crippen molar-refractivity contribution in [2.45, 2.75) is 38.1 Å². The van der Waals surface area contributed by atoms with Crippen molar-refractivity contribution >= 4 is 28.3 Å². The van der Waals surface area contributed by atoms with Gasteiger partial charge < -0.3 is 10.1 Å². The van der Waals surface area contributed by atoms with E-state index in [4.69, 9.17) is 0 Å². The molecule has 1 aliphatic carbocycles. The fourth-order valence-electron chi connectivity index (χ4n) is 3.96. The van der Waals surface area contributed by atoms with Gasteiger partial charge >= 0.3 is 6.36 Å². The highest BCUT2D eigenvalue weighted by Gasteiger charge is 2.34. The lowest BCUT2D eigenvalue weighted by atomic mass is 9.89. The number of nitrogens with zero attached hydrogens (tertiary/aromatic N) is 1. The lowest BCUT2D eigenvalue weighted by Crippen LogP contribution is -2.46. The minimum atomic E-state index is -4.67. The largest absolute Gasteiger partial charge is 0.573 e. The van der Waals surface area contributed by atoms with Gasteiger partial charge in [0.15, 0.2) is 0 Å². The van der Waals surface area contributed by atoms with Crippen molar-refractivity contribution in [3.8, 4) is 5.75 Å². The Balaban J connectivity index is 0.00000225. The monoisotopic (exact) mass is 442 g/mol. The number of ether oxygens (including phenoxy) is 1. The molecule has 0 aromatic heterocycles. The molecule has 142 valence electrons. The Bertz CT molecular complexity index is 561. The van der Waals surface area contributed by atoms with Gasteiger partial charge in [0.1, 0.15) is 5.75 Å². The number of nitrogens with one attached hydrogen (secondary N) is 1. The van der Waals surface area contributed by atoms with Gasteiger partial charge in [-0.05, 0) is 42.5 Å². The van der Waals surface area contributed by atoms with Gasteiger partial charge in [0.25, 0.3) is 0 Å². The summed E-state index contributed by atoms with van der Waals surface area (Å²) in [7, 11) is 0. The average molecular weight is 444 g/mol. The van der Waals surface area contributed by atoms with E-state index in [0.29, 0.717) is 10.4 Å². The number of hydrogen-bond acceptors (Lipinski definition) is 3. The number of benzene rings is 1. The maximum atomic E-state index is 12.6. The molecule has 2 fully saturated rings. The summed E-state index contributed by atoms with van der Waals surface area (Å²) in [4.78, 5) is 2.41. The highest BCUT2D eigenvalue weighted by atomic mass is 79.9. The normalized spacial score (nSPS) is 21.0. The second-order valence-electron chi connectivity index (χ2n) is 6.54. The van der Waals surface area contributed by atoms with Gasteiger partial charge in [-0.3, -0.25) is 4.90 Å². The lowest BCUT2D eigenvalue weighted by molar-refractivity contribution is -0.274. The van der Waals surface area contributed by atoms with Crippen LogP contribution in [-0.4, -0.2) is 37.4 Å². The molecule has 1 aliphatic heterocycles. The van der Waals surface area contributed by atoms with Gasteiger partial charge in [-0.2, -0.15) is 0 Å². The van der Waals surface area contributed by atoms with E-state index < -0.39 is 6.36 Å². The van der Waals surface area contributed by atoms with Crippen LogP contribution in [0.1, 0.15) is 37.3 Å². The summed E-state index contributed by atoms with van der Waals surface area (Å²) in [5.74, 6) is 0.348. The Morgan fingerprint density at radius 1 is 1.12 bits per heavy atom. The fraction of sp³-hybridized carbons (Fsp3) is 0.647. The zero-order valence-electron chi connectivity index (χ0n) is 13.8. The highest BCUT2D eigenvalue weighted by Crippen LogP contribution is 2.41. The van der Waals surface area contributed by atoms with Crippen molar-refractivity contribution in [3.63, 3.8) is 0 Å². The third-order valence-electron chi connectivity index (χ3n) is 4.86. The molecule has 1 saturated carbocycles. The number of rotatable bonds is 4. The number of alkyl halides is 3. The molecule has 8 heteroatoms. The highest BCUT2D eigenvalue weighted by molar-refractivity contribution is 9.10. The molecule has 2 aliphatic rings. The van der Waals surface area contributed by atoms with Gasteiger partial charge in [-0.25, -0.2) is 0 Å². The van der Waals surface area contributed by atoms with Crippen molar-refractivity contribution < 1.29 is 17.9 Å². The van der Waals surface area contributed by atoms with Crippen LogP contribution in [0.3, 0.4) is 0 Å². The minimum Gasteiger partial charge on any atom is -0.406 e. The Morgan fingerprint density at radius 3 is 2.36 bits per heavy atom. The molecule has 3 nitrogen and oxygen atoms in total. The standard InChI is InChI=1S/C17H22BrF3N2O.ClH/c18-14-9-13(10-15(11-14)24-17(19,20)21)16(12-3-1-2-4-12)23-7-5-22-6-8-23;/h9-12,16,22H,1-8H2;1H/t16-;/m1./s1. The Labute approximate surface area is 160 Å². The van der Waals surface area contributed by atoms with Crippen LogP contribution in [-0.2, 0) is 0 Å². The SMILES string of the molecule is Cl.FC(F)(F)Oc1cc(Br)cc([C@@H](C2CCCC2)N2CCNCC2)c1. The van der Waals surface area contributed by atoms with Crippen LogP contribution in [0.2, 0.25) is 0 Å². The summed E-state index contributed by atoms with van der Waals surface area (Å²) in [5.41, 5.74) is 0.914. The van der Waals surface area contributed by atoms with Crippen molar-refractivity contribution in [2.24, 2.45) is 5.92 Å². The molecule has 1 N–H and O–H groups in total. The summed E-state index contributed by atoms with van der Waals surface area (Å²) in [5, 5.41) is 3.34. The van der Waals surface area contributed by atoms with E-state index in [1.54, 1.807) is 6.07 Å². The molecule has 1 aromatic carbocycles. The molecule has 0 bridgehead atoms. The summed E-state index contributed by atoms with van der Waals surface area (Å²) >= 11 is 3.34. The third kappa shape index (κ3) is 5.74. The summed E-state index contributed by atoms with van der Waals surface area (Å²) in [6, 6.07) is 5.03. The predicted octanol–water partition coefficient (Wildman–Crippen LogP) is 4.91. The van der Waals surface area contributed by atoms with Gasteiger partial charge in [-0.1, -0.05) is 28.8 Å². The molecule has 0 radical (unpaired) electrons. The third-order valence-corrected chi connectivity index (χ3v) is 5.32. The zero-order valence-corrected chi connectivity index (χ0v) is 16.2. The Kier molecular flexibility index (Phi) is 7.43. The van der Waals surface area contributed by atoms with Gasteiger partial charge in [0.05, 0.1) is 0 Å². The molecular weight excluding hydrogens is 421 g/mol. The van der Waals surface area contributed by atoms with E-state index in [1.165, 1.54) is 18.9 Å². The van der Waals surface area contributed by atoms with Crippen molar-refractivity contribution in [2.75, 3.05) is 26.2 Å². The second kappa shape index (κ2) is 8.93. The Morgan fingerprint density at radius 2 is 1.76 bits per heavy atom. The molecule has 1 aromatic rings. The van der Waals surface area contributed by atoms with Crippen LogP contribution in [0.5, 0.6) is 5.75 Å². The smallest absolute Gasteiger partial charge is 0.406 e. The molecule has 3 rings (SSSR count). The average Bonchev–Trinajstić information content (AvgIpc) is 3.00. The molecule has 0 unspecified atom stereocenters. The molecular formula is C17H23BrClF3N2O. The van der Waals surface area contributed by atoms with Crippen LogP contribution in [0.4, 0.5) is 13.2 Å². The van der Waals surface area contributed by atoms with Crippen LogP contribution in [0.25, 0.3) is 0 Å². The fourth-order valence-corrected chi connectivity index (χ4v) is 4.45. The molecule has 25 heavy (non-hydrogen) atoms. The Hall–Kier alpha value is -0.500. The van der Waals surface area contributed by atoms with Crippen LogP contribution in [0, 0.1) is 5.92 Å². The molecule has 0 spiro atoms. The van der Waals surface area contributed by atoms with Crippen molar-refractivity contribution in [1.29, 1.82) is 0 Å². The molecule has 1 atom stereocenters. The van der Waals surface area contributed by atoms with Crippen LogP contribution < -0.4 is 10.1 Å². The maximum Gasteiger partial charge on any atom is 0.573 e. The minimum absolute atomic E-state index is 0. The van der Waals surface area contributed by atoms with Gasteiger partial charge in [0.2, 0.25) is 0 Å². The number of hydrogen-bond donors (Lipinski definition) is 1. The van der Waals surface area contributed by atoms with E-state index in [2.05, 4.69) is 30.9 Å². The van der Waals surface area contributed by atoms with E-state index in [9.17, 15) is 13.2 Å². The van der Waals surface area contributed by atoms with Crippen molar-refractivity contribution in [1.82, 2.24) is 10.2 Å².